The van der Waals surface area contributed by atoms with Gasteiger partial charge in [0.2, 0.25) is 5.91 Å². The summed E-state index contributed by atoms with van der Waals surface area (Å²) >= 11 is 0. The van der Waals surface area contributed by atoms with Gasteiger partial charge in [0.15, 0.2) is 11.5 Å². The fourth-order valence-electron chi connectivity index (χ4n) is 4.34. The molecular formula is C26H27N3O4. The van der Waals surface area contributed by atoms with E-state index in [0.717, 1.165) is 12.0 Å². The molecule has 2 heterocycles. The van der Waals surface area contributed by atoms with Gasteiger partial charge in [0.25, 0.3) is 5.91 Å². The Morgan fingerprint density at radius 2 is 1.79 bits per heavy atom. The Kier molecular flexibility index (Phi) is 6.31. The Morgan fingerprint density at radius 3 is 2.39 bits per heavy atom. The second-order valence-electron chi connectivity index (χ2n) is 7.96. The highest BCUT2D eigenvalue weighted by molar-refractivity contribution is 6.04. The number of rotatable bonds is 6. The van der Waals surface area contributed by atoms with Crippen LogP contribution >= 0.6 is 0 Å². The van der Waals surface area contributed by atoms with Crippen molar-refractivity contribution in [3.63, 3.8) is 0 Å². The van der Waals surface area contributed by atoms with E-state index < -0.39 is 12.0 Å². The molecule has 7 nitrogen and oxygen atoms in total. The van der Waals surface area contributed by atoms with Crippen molar-refractivity contribution in [2.75, 3.05) is 26.6 Å². The number of carbonyl (C=O) groups excluding carboxylic acids is 2. The standard InChI is InChI=1S/C26H27N3O4/c1-5-16-8-10-18(11-9-16)28-25(30)23-19-13-21(32-3)22(33-4)14-20(19)26(31)29(2)24(23)17-7-6-12-27-15-17/h6-15,23-24H,5H2,1-4H3,(H,28,30). The van der Waals surface area contributed by atoms with Gasteiger partial charge in [-0.2, -0.15) is 0 Å². The maximum Gasteiger partial charge on any atom is 0.254 e. The number of benzene rings is 2. The van der Waals surface area contributed by atoms with Crippen molar-refractivity contribution in [1.29, 1.82) is 0 Å². The second kappa shape index (κ2) is 9.32. The molecule has 0 radical (unpaired) electrons. The van der Waals surface area contributed by atoms with Crippen LogP contribution in [0.15, 0.2) is 60.9 Å². The molecule has 0 saturated heterocycles. The van der Waals surface area contributed by atoms with E-state index in [-0.39, 0.29) is 11.8 Å². The minimum Gasteiger partial charge on any atom is -0.493 e. The number of fused-ring (bicyclic) bond motifs is 1. The van der Waals surface area contributed by atoms with E-state index in [0.29, 0.717) is 28.3 Å². The van der Waals surface area contributed by atoms with Crippen LogP contribution in [0.2, 0.25) is 0 Å². The van der Waals surface area contributed by atoms with Gasteiger partial charge >= 0.3 is 0 Å². The molecule has 1 aromatic heterocycles. The van der Waals surface area contributed by atoms with E-state index in [2.05, 4.69) is 17.2 Å². The summed E-state index contributed by atoms with van der Waals surface area (Å²) < 4.78 is 10.9. The number of likely N-dealkylation sites (N-methyl/N-ethyl adjacent to an activating group) is 1. The van der Waals surface area contributed by atoms with Gasteiger partial charge in [-0.3, -0.25) is 14.6 Å². The average Bonchev–Trinajstić information content (AvgIpc) is 2.86. The third-order valence-electron chi connectivity index (χ3n) is 6.11. The predicted molar refractivity (Wildman–Crippen MR) is 126 cm³/mol. The number of methoxy groups -OCH3 is 2. The summed E-state index contributed by atoms with van der Waals surface area (Å²) in [6.07, 6.45) is 4.28. The molecule has 0 saturated carbocycles. The van der Waals surface area contributed by atoms with Crippen LogP contribution in [-0.2, 0) is 11.2 Å². The highest BCUT2D eigenvalue weighted by atomic mass is 16.5. The smallest absolute Gasteiger partial charge is 0.254 e. The molecule has 170 valence electrons. The molecule has 2 amide bonds. The van der Waals surface area contributed by atoms with Crippen LogP contribution in [0.3, 0.4) is 0 Å². The van der Waals surface area contributed by atoms with E-state index in [1.165, 1.54) is 19.8 Å². The number of ether oxygens (including phenoxy) is 2. The summed E-state index contributed by atoms with van der Waals surface area (Å²) in [6.45, 7) is 2.08. The number of hydrogen-bond donors (Lipinski definition) is 1. The monoisotopic (exact) mass is 445 g/mol. The normalized spacial score (nSPS) is 17.3. The molecular weight excluding hydrogens is 418 g/mol. The number of aromatic nitrogens is 1. The van der Waals surface area contributed by atoms with Crippen molar-refractivity contribution in [3.05, 3.63) is 83.2 Å². The summed E-state index contributed by atoms with van der Waals surface area (Å²) in [4.78, 5) is 32.9. The van der Waals surface area contributed by atoms with E-state index in [1.54, 1.807) is 42.5 Å². The van der Waals surface area contributed by atoms with Gasteiger partial charge in [0.1, 0.15) is 0 Å². The largest absolute Gasteiger partial charge is 0.493 e. The van der Waals surface area contributed by atoms with Gasteiger partial charge in [-0.15, -0.1) is 0 Å². The molecule has 0 fully saturated rings. The highest BCUT2D eigenvalue weighted by Crippen LogP contribution is 2.45. The van der Waals surface area contributed by atoms with Crippen LogP contribution in [0, 0.1) is 0 Å². The van der Waals surface area contributed by atoms with Crippen molar-refractivity contribution >= 4 is 17.5 Å². The Hall–Kier alpha value is -3.87. The van der Waals surface area contributed by atoms with Crippen LogP contribution in [0.4, 0.5) is 5.69 Å². The van der Waals surface area contributed by atoms with Crippen molar-refractivity contribution in [2.24, 2.45) is 0 Å². The first-order valence-electron chi connectivity index (χ1n) is 10.8. The summed E-state index contributed by atoms with van der Waals surface area (Å²) in [5.74, 6) is -0.203. The molecule has 1 aliphatic heterocycles. The predicted octanol–water partition coefficient (Wildman–Crippen LogP) is 4.21. The summed E-state index contributed by atoms with van der Waals surface area (Å²) in [7, 11) is 4.75. The highest BCUT2D eigenvalue weighted by Gasteiger charge is 2.43. The van der Waals surface area contributed by atoms with Crippen molar-refractivity contribution in [1.82, 2.24) is 9.88 Å². The number of anilines is 1. The maximum atomic E-state index is 13.7. The van der Waals surface area contributed by atoms with Gasteiger partial charge in [-0.05, 0) is 53.4 Å². The average molecular weight is 446 g/mol. The lowest BCUT2D eigenvalue weighted by atomic mass is 9.79. The number of nitrogens with zero attached hydrogens (tertiary/aromatic N) is 2. The molecule has 1 aliphatic rings. The fraction of sp³-hybridized carbons (Fsp3) is 0.269. The van der Waals surface area contributed by atoms with E-state index in [1.807, 2.05) is 30.3 Å². The maximum absolute atomic E-state index is 13.7. The molecule has 7 heteroatoms. The molecule has 2 atom stereocenters. The van der Waals surface area contributed by atoms with Crippen LogP contribution in [-0.4, -0.2) is 43.0 Å². The Morgan fingerprint density at radius 1 is 1.09 bits per heavy atom. The molecule has 2 aromatic carbocycles. The lowest BCUT2D eigenvalue weighted by molar-refractivity contribution is -0.119. The zero-order chi connectivity index (χ0) is 23.5. The molecule has 33 heavy (non-hydrogen) atoms. The van der Waals surface area contributed by atoms with E-state index in [4.69, 9.17) is 9.47 Å². The van der Waals surface area contributed by atoms with Crippen LogP contribution in [0.1, 0.15) is 45.9 Å². The van der Waals surface area contributed by atoms with Crippen LogP contribution < -0.4 is 14.8 Å². The number of hydrogen-bond acceptors (Lipinski definition) is 5. The molecule has 1 N–H and O–H groups in total. The SMILES string of the molecule is CCc1ccc(NC(=O)C2c3cc(OC)c(OC)cc3C(=O)N(C)C2c2cccnc2)cc1. The Labute approximate surface area is 193 Å². The number of aryl methyl sites for hydroxylation is 1. The minimum absolute atomic E-state index is 0.198. The van der Waals surface area contributed by atoms with Crippen LogP contribution in [0.25, 0.3) is 0 Å². The molecule has 3 aromatic rings. The number of carbonyl (C=O) groups is 2. The first-order valence-corrected chi connectivity index (χ1v) is 10.8. The first-order chi connectivity index (χ1) is 16.0. The first kappa shape index (κ1) is 22.3. The van der Waals surface area contributed by atoms with Gasteiger partial charge < -0.3 is 19.7 Å². The Bertz CT molecular complexity index is 1160. The third-order valence-corrected chi connectivity index (χ3v) is 6.11. The summed E-state index contributed by atoms with van der Waals surface area (Å²) in [5, 5.41) is 3.04. The summed E-state index contributed by atoms with van der Waals surface area (Å²) in [6, 6.07) is 14.3. The fourth-order valence-corrected chi connectivity index (χ4v) is 4.34. The van der Waals surface area contributed by atoms with E-state index >= 15 is 0 Å². The molecule has 0 bridgehead atoms. The van der Waals surface area contributed by atoms with Gasteiger partial charge in [-0.25, -0.2) is 0 Å². The minimum atomic E-state index is -0.683. The number of nitrogens with one attached hydrogen (secondary N) is 1. The second-order valence-corrected chi connectivity index (χ2v) is 7.96. The number of pyridine rings is 1. The quantitative estimate of drug-likeness (QED) is 0.615. The van der Waals surface area contributed by atoms with Crippen LogP contribution in [0.5, 0.6) is 11.5 Å². The topological polar surface area (TPSA) is 80.8 Å². The molecule has 0 spiro atoms. The van der Waals surface area contributed by atoms with Crippen molar-refractivity contribution in [2.45, 2.75) is 25.3 Å². The summed E-state index contributed by atoms with van der Waals surface area (Å²) in [5.41, 5.74) is 3.66. The van der Waals surface area contributed by atoms with Crippen molar-refractivity contribution < 1.29 is 19.1 Å². The molecule has 0 aliphatic carbocycles. The zero-order valence-electron chi connectivity index (χ0n) is 19.2. The molecule has 4 rings (SSSR count). The third kappa shape index (κ3) is 4.14. The van der Waals surface area contributed by atoms with E-state index in [9.17, 15) is 9.59 Å². The van der Waals surface area contributed by atoms with Gasteiger partial charge in [0.05, 0.1) is 26.2 Å². The Balaban J connectivity index is 1.84. The lowest BCUT2D eigenvalue weighted by Gasteiger charge is -2.39. The zero-order valence-corrected chi connectivity index (χ0v) is 19.2. The van der Waals surface area contributed by atoms with Crippen molar-refractivity contribution in [3.8, 4) is 11.5 Å². The lowest BCUT2D eigenvalue weighted by Crippen LogP contribution is -2.44. The van der Waals surface area contributed by atoms with Gasteiger partial charge in [0, 0.05) is 30.7 Å². The number of amides is 2. The molecule has 2 unspecified atom stereocenters. The van der Waals surface area contributed by atoms with Gasteiger partial charge in [-0.1, -0.05) is 25.1 Å².